The summed E-state index contributed by atoms with van der Waals surface area (Å²) in [7, 11) is 1.36. The number of rotatable bonds is 4. The van der Waals surface area contributed by atoms with Gasteiger partial charge in [-0.05, 0) is 24.6 Å². The Morgan fingerprint density at radius 3 is 2.62 bits per heavy atom. The fourth-order valence-electron chi connectivity index (χ4n) is 3.04. The van der Waals surface area contributed by atoms with E-state index in [9.17, 15) is 9.59 Å². The number of fused-ring (bicyclic) bond motifs is 1. The predicted molar refractivity (Wildman–Crippen MR) is 91.9 cm³/mol. The minimum Gasteiger partial charge on any atom is -0.465 e. The number of carbonyl (C=O) groups excluding carboxylic acids is 2. The molecule has 0 unspecified atom stereocenters. The second-order valence-electron chi connectivity index (χ2n) is 5.67. The van der Waals surface area contributed by atoms with Gasteiger partial charge in [0.25, 0.3) is 5.91 Å². The van der Waals surface area contributed by atoms with Crippen molar-refractivity contribution < 1.29 is 14.3 Å². The Kier molecular flexibility index (Phi) is 4.51. The van der Waals surface area contributed by atoms with E-state index in [1.807, 2.05) is 43.3 Å². The molecule has 5 nitrogen and oxygen atoms in total. The molecule has 0 aliphatic carbocycles. The van der Waals surface area contributed by atoms with Crippen LogP contribution in [0.2, 0.25) is 0 Å². The Bertz CT molecular complexity index is 773. The summed E-state index contributed by atoms with van der Waals surface area (Å²) in [5.41, 5.74) is 2.63. The van der Waals surface area contributed by atoms with Crippen LogP contribution >= 0.6 is 0 Å². The lowest BCUT2D eigenvalue weighted by molar-refractivity contribution is 0.0586. The van der Waals surface area contributed by atoms with Crippen molar-refractivity contribution in [3.05, 3.63) is 65.2 Å². The van der Waals surface area contributed by atoms with Crippen LogP contribution in [0.15, 0.2) is 48.5 Å². The number of amides is 1. The summed E-state index contributed by atoms with van der Waals surface area (Å²) in [6.45, 7) is 2.62. The first kappa shape index (κ1) is 16.1. The van der Waals surface area contributed by atoms with Crippen molar-refractivity contribution in [1.29, 1.82) is 0 Å². The lowest BCUT2D eigenvalue weighted by Crippen LogP contribution is -2.43. The zero-order valence-corrected chi connectivity index (χ0v) is 13.8. The molecule has 0 bridgehead atoms. The van der Waals surface area contributed by atoms with Gasteiger partial charge in [-0.2, -0.15) is 0 Å². The van der Waals surface area contributed by atoms with Crippen LogP contribution < -0.4 is 5.32 Å². The molecule has 3 rings (SSSR count). The molecule has 124 valence electrons. The second-order valence-corrected chi connectivity index (χ2v) is 5.67. The monoisotopic (exact) mass is 324 g/mol. The highest BCUT2D eigenvalue weighted by atomic mass is 16.5. The SMILES string of the molecule is CCCN1C(=O)c2ccccc2N[C@@H]1c1ccccc1C(=O)OC. The van der Waals surface area contributed by atoms with Crippen LogP contribution in [0.3, 0.4) is 0 Å². The van der Waals surface area contributed by atoms with Crippen molar-refractivity contribution in [2.75, 3.05) is 19.0 Å². The Labute approximate surface area is 141 Å². The van der Waals surface area contributed by atoms with Gasteiger partial charge in [0.15, 0.2) is 0 Å². The maximum absolute atomic E-state index is 12.9. The number of carbonyl (C=O) groups is 2. The number of ether oxygens (including phenoxy) is 1. The average molecular weight is 324 g/mol. The van der Waals surface area contributed by atoms with E-state index in [0.29, 0.717) is 17.7 Å². The molecule has 5 heteroatoms. The molecule has 0 spiro atoms. The molecule has 0 saturated heterocycles. The molecule has 1 aliphatic rings. The van der Waals surface area contributed by atoms with Gasteiger partial charge in [-0.3, -0.25) is 4.79 Å². The highest BCUT2D eigenvalue weighted by Crippen LogP contribution is 2.34. The molecule has 0 saturated carbocycles. The van der Waals surface area contributed by atoms with E-state index >= 15 is 0 Å². The standard InChI is InChI=1S/C19H20N2O3/c1-3-12-21-17(13-8-4-5-9-14(13)19(23)24-2)20-16-11-7-6-10-15(16)18(21)22/h4-11,17,20H,3,12H2,1-2H3/t17-/m0/s1. The molecule has 0 fully saturated rings. The number of methoxy groups -OCH3 is 1. The Morgan fingerprint density at radius 1 is 1.17 bits per heavy atom. The lowest BCUT2D eigenvalue weighted by atomic mass is 9.99. The summed E-state index contributed by atoms with van der Waals surface area (Å²) in [5, 5.41) is 3.40. The van der Waals surface area contributed by atoms with Crippen molar-refractivity contribution in [1.82, 2.24) is 4.90 Å². The van der Waals surface area contributed by atoms with Gasteiger partial charge in [0, 0.05) is 17.8 Å². The molecular weight excluding hydrogens is 304 g/mol. The van der Waals surface area contributed by atoms with Gasteiger partial charge in [0.05, 0.1) is 18.2 Å². The number of hydrogen-bond donors (Lipinski definition) is 1. The van der Waals surface area contributed by atoms with Crippen LogP contribution in [0, 0.1) is 0 Å². The summed E-state index contributed by atoms with van der Waals surface area (Å²) < 4.78 is 4.89. The lowest BCUT2D eigenvalue weighted by Gasteiger charge is -2.38. The third-order valence-corrected chi connectivity index (χ3v) is 4.15. The van der Waals surface area contributed by atoms with Crippen LogP contribution in [0.1, 0.15) is 45.8 Å². The summed E-state index contributed by atoms with van der Waals surface area (Å²) in [4.78, 5) is 26.8. The molecule has 1 amide bonds. The Hall–Kier alpha value is -2.82. The van der Waals surface area contributed by atoms with E-state index in [0.717, 1.165) is 17.7 Å². The van der Waals surface area contributed by atoms with Gasteiger partial charge in [-0.1, -0.05) is 37.3 Å². The number of hydrogen-bond acceptors (Lipinski definition) is 4. The van der Waals surface area contributed by atoms with Gasteiger partial charge >= 0.3 is 5.97 Å². The number of benzene rings is 2. The molecular formula is C19H20N2O3. The van der Waals surface area contributed by atoms with Crippen LogP contribution in [-0.4, -0.2) is 30.4 Å². The van der Waals surface area contributed by atoms with Gasteiger partial charge in [-0.15, -0.1) is 0 Å². The first-order valence-electron chi connectivity index (χ1n) is 8.01. The molecule has 0 aromatic heterocycles. The van der Waals surface area contributed by atoms with Crippen LogP contribution in [0.25, 0.3) is 0 Å². The van der Waals surface area contributed by atoms with E-state index in [1.54, 1.807) is 17.0 Å². The predicted octanol–water partition coefficient (Wildman–Crippen LogP) is 3.45. The number of para-hydroxylation sites is 1. The van der Waals surface area contributed by atoms with Crippen LogP contribution in [-0.2, 0) is 4.74 Å². The average Bonchev–Trinajstić information content (AvgIpc) is 2.63. The topological polar surface area (TPSA) is 58.6 Å². The van der Waals surface area contributed by atoms with Crippen molar-refractivity contribution >= 4 is 17.6 Å². The second kappa shape index (κ2) is 6.74. The summed E-state index contributed by atoms with van der Waals surface area (Å²) in [6.07, 6.45) is 0.426. The number of nitrogens with one attached hydrogen (secondary N) is 1. The van der Waals surface area contributed by atoms with E-state index in [-0.39, 0.29) is 5.91 Å². The molecule has 1 aliphatic heterocycles. The first-order chi connectivity index (χ1) is 11.7. The van der Waals surface area contributed by atoms with Crippen molar-refractivity contribution in [2.24, 2.45) is 0 Å². The van der Waals surface area contributed by atoms with Gasteiger partial charge < -0.3 is 15.0 Å². The summed E-state index contributed by atoms with van der Waals surface area (Å²) in [5.74, 6) is -0.439. The molecule has 24 heavy (non-hydrogen) atoms. The third-order valence-electron chi connectivity index (χ3n) is 4.15. The third kappa shape index (κ3) is 2.73. The van der Waals surface area contributed by atoms with Gasteiger partial charge in [0.1, 0.15) is 6.17 Å². The summed E-state index contributed by atoms with van der Waals surface area (Å²) in [6, 6.07) is 14.7. The molecule has 2 aromatic rings. The highest BCUT2D eigenvalue weighted by molar-refractivity contribution is 6.02. The molecule has 1 heterocycles. The normalized spacial score (nSPS) is 16.3. The minimum atomic E-state index is -0.407. The van der Waals surface area contributed by atoms with E-state index in [4.69, 9.17) is 4.74 Å². The van der Waals surface area contributed by atoms with Gasteiger partial charge in [0.2, 0.25) is 0 Å². The maximum Gasteiger partial charge on any atom is 0.338 e. The van der Waals surface area contributed by atoms with Crippen molar-refractivity contribution in [3.63, 3.8) is 0 Å². The fraction of sp³-hybridized carbons (Fsp3) is 0.263. The van der Waals surface area contributed by atoms with Crippen LogP contribution in [0.4, 0.5) is 5.69 Å². The quantitative estimate of drug-likeness (QED) is 0.875. The van der Waals surface area contributed by atoms with Crippen molar-refractivity contribution in [3.8, 4) is 0 Å². The zero-order chi connectivity index (χ0) is 17.1. The van der Waals surface area contributed by atoms with Crippen LogP contribution in [0.5, 0.6) is 0 Å². The molecule has 1 N–H and O–H groups in total. The maximum atomic E-state index is 12.9. The van der Waals surface area contributed by atoms with Gasteiger partial charge in [-0.25, -0.2) is 4.79 Å². The smallest absolute Gasteiger partial charge is 0.338 e. The van der Waals surface area contributed by atoms with E-state index in [1.165, 1.54) is 7.11 Å². The Morgan fingerprint density at radius 2 is 1.88 bits per heavy atom. The highest BCUT2D eigenvalue weighted by Gasteiger charge is 2.34. The number of esters is 1. The van der Waals surface area contributed by atoms with Crippen molar-refractivity contribution in [2.45, 2.75) is 19.5 Å². The molecule has 2 aromatic carbocycles. The minimum absolute atomic E-state index is 0.0316. The number of nitrogens with zero attached hydrogens (tertiary/aromatic N) is 1. The fourth-order valence-corrected chi connectivity index (χ4v) is 3.04. The Balaban J connectivity index is 2.10. The first-order valence-corrected chi connectivity index (χ1v) is 8.01. The van der Waals surface area contributed by atoms with E-state index in [2.05, 4.69) is 5.32 Å². The number of anilines is 1. The molecule has 1 atom stereocenters. The largest absolute Gasteiger partial charge is 0.465 e. The summed E-state index contributed by atoms with van der Waals surface area (Å²) >= 11 is 0. The zero-order valence-electron chi connectivity index (χ0n) is 13.8. The molecule has 0 radical (unpaired) electrons. The van der Waals surface area contributed by atoms with E-state index < -0.39 is 12.1 Å².